The van der Waals surface area contributed by atoms with Gasteiger partial charge in [0.05, 0.1) is 13.2 Å². The normalized spacial score (nSPS) is 16.6. The molecule has 2 aromatic heterocycles. The summed E-state index contributed by atoms with van der Waals surface area (Å²) in [6.45, 7) is 0.838. The van der Waals surface area contributed by atoms with Crippen LogP contribution in [0.25, 0.3) is 10.3 Å². The third-order valence-corrected chi connectivity index (χ3v) is 6.18. The monoisotopic (exact) mass is 397 g/mol. The van der Waals surface area contributed by atoms with Gasteiger partial charge >= 0.3 is 0 Å². The number of ketones is 1. The number of benzene rings is 1. The van der Waals surface area contributed by atoms with Crippen LogP contribution in [0.3, 0.4) is 0 Å². The van der Waals surface area contributed by atoms with Gasteiger partial charge in [0.15, 0.2) is 22.4 Å². The molecule has 0 amide bonds. The lowest BCUT2D eigenvalue weighted by Crippen LogP contribution is -2.36. The maximum atomic E-state index is 12.9. The summed E-state index contributed by atoms with van der Waals surface area (Å²) in [6.07, 6.45) is 4.68. The summed E-state index contributed by atoms with van der Waals surface area (Å²) in [5.74, 6) is 0.961. The van der Waals surface area contributed by atoms with E-state index in [0.29, 0.717) is 17.9 Å². The van der Waals surface area contributed by atoms with Crippen molar-refractivity contribution in [2.45, 2.75) is 31.7 Å². The number of anilines is 2. The van der Waals surface area contributed by atoms with E-state index in [1.54, 1.807) is 19.2 Å². The highest BCUT2D eigenvalue weighted by Gasteiger charge is 2.32. The number of rotatable bonds is 7. The van der Waals surface area contributed by atoms with E-state index in [9.17, 15) is 4.79 Å². The summed E-state index contributed by atoms with van der Waals surface area (Å²) in [4.78, 5) is 33.6. The van der Waals surface area contributed by atoms with E-state index in [4.69, 9.17) is 4.84 Å². The van der Waals surface area contributed by atoms with Crippen LogP contribution in [-0.2, 0) is 16.1 Å². The van der Waals surface area contributed by atoms with Crippen LogP contribution in [0.2, 0.25) is 0 Å². The average molecular weight is 398 g/mol. The molecule has 1 aliphatic rings. The Labute approximate surface area is 167 Å². The fourth-order valence-corrected chi connectivity index (χ4v) is 4.69. The molecular formula is C20H23N5O2S. The van der Waals surface area contributed by atoms with Crippen molar-refractivity contribution in [1.82, 2.24) is 15.0 Å². The molecule has 8 heteroatoms. The number of thiazole rings is 1. The van der Waals surface area contributed by atoms with Crippen molar-refractivity contribution < 1.29 is 9.63 Å². The first-order valence-electron chi connectivity index (χ1n) is 9.40. The van der Waals surface area contributed by atoms with E-state index in [-0.39, 0.29) is 11.8 Å². The maximum Gasteiger partial charge on any atom is 0.188 e. The molecule has 7 nitrogen and oxygen atoms in total. The van der Waals surface area contributed by atoms with Crippen molar-refractivity contribution in [1.29, 1.82) is 0 Å². The van der Waals surface area contributed by atoms with Crippen LogP contribution < -0.4 is 9.96 Å². The minimum absolute atomic E-state index is 0.110. The van der Waals surface area contributed by atoms with E-state index in [1.165, 1.54) is 23.2 Å². The SMILES string of the molecule is CON(C)c1ncnc2nc(N3CCC[C@@H]3C(=O)CCc3ccccc3)sc12. The molecule has 1 fully saturated rings. The van der Waals surface area contributed by atoms with Gasteiger partial charge in [0, 0.05) is 20.0 Å². The van der Waals surface area contributed by atoms with Crippen LogP contribution in [0.1, 0.15) is 24.8 Å². The van der Waals surface area contributed by atoms with Crippen molar-refractivity contribution >= 4 is 38.4 Å². The fraction of sp³-hybridized carbons (Fsp3) is 0.400. The molecule has 0 N–H and O–H groups in total. The predicted molar refractivity (Wildman–Crippen MR) is 111 cm³/mol. The number of hydrogen-bond acceptors (Lipinski definition) is 8. The summed E-state index contributed by atoms with van der Waals surface area (Å²) < 4.78 is 0.865. The van der Waals surface area contributed by atoms with Crippen molar-refractivity contribution in [2.75, 3.05) is 30.7 Å². The largest absolute Gasteiger partial charge is 0.338 e. The van der Waals surface area contributed by atoms with Gasteiger partial charge in [0.1, 0.15) is 11.0 Å². The molecular weight excluding hydrogens is 374 g/mol. The Kier molecular flexibility index (Phi) is 5.50. The van der Waals surface area contributed by atoms with Crippen LogP contribution in [0.5, 0.6) is 0 Å². The number of carbonyl (C=O) groups excluding carboxylic acids is 1. The predicted octanol–water partition coefficient (Wildman–Crippen LogP) is 3.25. The Morgan fingerprint density at radius 3 is 2.93 bits per heavy atom. The molecule has 1 atom stereocenters. The van der Waals surface area contributed by atoms with E-state index < -0.39 is 0 Å². The summed E-state index contributed by atoms with van der Waals surface area (Å²) in [6, 6.07) is 10.0. The van der Waals surface area contributed by atoms with Crippen LogP contribution in [0, 0.1) is 0 Å². The molecule has 1 aromatic carbocycles. The number of hydroxylamine groups is 1. The molecule has 3 heterocycles. The van der Waals surface area contributed by atoms with Crippen molar-refractivity contribution in [3.63, 3.8) is 0 Å². The minimum Gasteiger partial charge on any atom is -0.338 e. The van der Waals surface area contributed by atoms with Gasteiger partial charge in [-0.2, -0.15) is 4.98 Å². The van der Waals surface area contributed by atoms with E-state index in [2.05, 4.69) is 32.0 Å². The van der Waals surface area contributed by atoms with Crippen molar-refractivity contribution in [3.8, 4) is 0 Å². The van der Waals surface area contributed by atoms with Gasteiger partial charge < -0.3 is 4.90 Å². The second kappa shape index (κ2) is 8.20. The van der Waals surface area contributed by atoms with Crippen LogP contribution in [-0.4, -0.2) is 47.5 Å². The fourth-order valence-electron chi connectivity index (χ4n) is 3.57. The third kappa shape index (κ3) is 3.70. The number of hydrogen-bond donors (Lipinski definition) is 0. The summed E-state index contributed by atoms with van der Waals surface area (Å²) in [5.41, 5.74) is 1.83. The molecule has 0 spiro atoms. The molecule has 0 bridgehead atoms. The molecule has 0 saturated carbocycles. The van der Waals surface area contributed by atoms with Gasteiger partial charge in [0.25, 0.3) is 0 Å². The summed E-state index contributed by atoms with van der Waals surface area (Å²) >= 11 is 1.52. The second-order valence-corrected chi connectivity index (χ2v) is 7.81. The summed E-state index contributed by atoms with van der Waals surface area (Å²) in [7, 11) is 3.39. The smallest absolute Gasteiger partial charge is 0.188 e. The van der Waals surface area contributed by atoms with Crippen LogP contribution >= 0.6 is 11.3 Å². The lowest BCUT2D eigenvalue weighted by atomic mass is 10.0. The first kappa shape index (κ1) is 18.8. The van der Waals surface area contributed by atoms with Crippen LogP contribution in [0.4, 0.5) is 10.9 Å². The lowest BCUT2D eigenvalue weighted by molar-refractivity contribution is -0.120. The van der Waals surface area contributed by atoms with Gasteiger partial charge in [-0.05, 0) is 24.8 Å². The molecule has 0 aliphatic carbocycles. The molecule has 1 saturated heterocycles. The highest BCUT2D eigenvalue weighted by Crippen LogP contribution is 2.36. The van der Waals surface area contributed by atoms with E-state index in [0.717, 1.165) is 35.6 Å². The lowest BCUT2D eigenvalue weighted by Gasteiger charge is -2.22. The number of nitrogens with zero attached hydrogens (tertiary/aromatic N) is 5. The Bertz CT molecular complexity index is 962. The Hall–Kier alpha value is -2.58. The molecule has 28 heavy (non-hydrogen) atoms. The summed E-state index contributed by atoms with van der Waals surface area (Å²) in [5, 5.41) is 2.43. The standard InChI is InChI=1S/C20H23N5O2S/c1-24(27-2)19-17-18(21-13-22-19)23-20(28-17)25-12-6-9-15(25)16(26)11-10-14-7-4-3-5-8-14/h3-5,7-8,13,15H,6,9-12H2,1-2H3/t15-/m1/s1. The number of aromatic nitrogens is 3. The first-order valence-corrected chi connectivity index (χ1v) is 10.2. The van der Waals surface area contributed by atoms with E-state index >= 15 is 0 Å². The van der Waals surface area contributed by atoms with Gasteiger partial charge in [-0.15, -0.1) is 0 Å². The molecule has 1 aliphatic heterocycles. The number of carbonyl (C=O) groups is 1. The van der Waals surface area contributed by atoms with Gasteiger partial charge in [-0.25, -0.2) is 15.0 Å². The zero-order valence-corrected chi connectivity index (χ0v) is 16.9. The second-order valence-electron chi connectivity index (χ2n) is 6.83. The van der Waals surface area contributed by atoms with Crippen molar-refractivity contribution in [3.05, 3.63) is 42.2 Å². The van der Waals surface area contributed by atoms with E-state index in [1.807, 2.05) is 18.2 Å². The molecule has 3 aromatic rings. The average Bonchev–Trinajstić information content (AvgIpc) is 3.38. The zero-order chi connectivity index (χ0) is 19.5. The zero-order valence-electron chi connectivity index (χ0n) is 16.0. The Morgan fingerprint density at radius 1 is 1.32 bits per heavy atom. The molecule has 0 unspecified atom stereocenters. The van der Waals surface area contributed by atoms with Crippen LogP contribution in [0.15, 0.2) is 36.7 Å². The Morgan fingerprint density at radius 2 is 2.14 bits per heavy atom. The highest BCUT2D eigenvalue weighted by atomic mass is 32.1. The first-order chi connectivity index (χ1) is 13.7. The minimum atomic E-state index is -0.110. The Balaban J connectivity index is 1.54. The molecule has 146 valence electrons. The molecule has 4 rings (SSSR count). The van der Waals surface area contributed by atoms with Gasteiger partial charge in [0.2, 0.25) is 0 Å². The molecule has 0 radical (unpaired) electrons. The van der Waals surface area contributed by atoms with Gasteiger partial charge in [-0.1, -0.05) is 41.7 Å². The topological polar surface area (TPSA) is 71.5 Å². The third-order valence-electron chi connectivity index (χ3n) is 5.11. The highest BCUT2D eigenvalue weighted by molar-refractivity contribution is 7.22. The van der Waals surface area contributed by atoms with Gasteiger partial charge in [-0.3, -0.25) is 9.63 Å². The quantitative estimate of drug-likeness (QED) is 0.567. The number of Topliss-reactive ketones (excluding diaryl/α,β-unsaturated/α-hetero) is 1. The number of fused-ring (bicyclic) bond motifs is 1. The number of aryl methyl sites for hydroxylation is 1. The van der Waals surface area contributed by atoms with Crippen molar-refractivity contribution in [2.24, 2.45) is 0 Å². The maximum absolute atomic E-state index is 12.9.